The molecule has 0 saturated carbocycles. The summed E-state index contributed by atoms with van der Waals surface area (Å²) in [7, 11) is -1.98. The summed E-state index contributed by atoms with van der Waals surface area (Å²) in [6.07, 6.45) is 1.72. The predicted octanol–water partition coefficient (Wildman–Crippen LogP) is 4.47. The maximum atomic E-state index is 13.0. The molecule has 4 rings (SSSR count). The van der Waals surface area contributed by atoms with Gasteiger partial charge in [0.1, 0.15) is 5.75 Å². The highest BCUT2D eigenvalue weighted by molar-refractivity contribution is 7.89. The molecule has 32 heavy (non-hydrogen) atoms. The van der Waals surface area contributed by atoms with E-state index in [9.17, 15) is 13.2 Å². The van der Waals surface area contributed by atoms with Gasteiger partial charge in [0.05, 0.1) is 17.7 Å². The minimum absolute atomic E-state index is 0.143. The number of hydrogen-bond acceptors (Lipinski definition) is 6. The van der Waals surface area contributed by atoms with Crippen LogP contribution < -0.4 is 10.1 Å². The minimum atomic E-state index is -3.60. The molecule has 0 radical (unpaired) electrons. The highest BCUT2D eigenvalue weighted by atomic mass is 32.2. The highest BCUT2D eigenvalue weighted by Crippen LogP contribution is 2.32. The summed E-state index contributed by atoms with van der Waals surface area (Å²) in [5.74, 6) is 0.380. The van der Waals surface area contributed by atoms with Crippen LogP contribution in [0.4, 0.5) is 5.13 Å². The van der Waals surface area contributed by atoms with Crippen LogP contribution in [0.25, 0.3) is 11.3 Å². The fourth-order valence-corrected chi connectivity index (χ4v) is 6.09. The second kappa shape index (κ2) is 9.01. The topological polar surface area (TPSA) is 88.6 Å². The Kier molecular flexibility index (Phi) is 6.32. The van der Waals surface area contributed by atoms with Gasteiger partial charge < -0.3 is 4.74 Å². The summed E-state index contributed by atoms with van der Waals surface area (Å²) < 4.78 is 32.5. The second-order valence-corrected chi connectivity index (χ2v) is 10.8. The van der Waals surface area contributed by atoms with E-state index in [1.165, 1.54) is 21.7 Å². The van der Waals surface area contributed by atoms with Gasteiger partial charge in [-0.15, -0.1) is 11.3 Å². The highest BCUT2D eigenvalue weighted by Gasteiger charge is 2.28. The van der Waals surface area contributed by atoms with E-state index in [0.29, 0.717) is 29.3 Å². The lowest BCUT2D eigenvalue weighted by Crippen LogP contribution is -2.28. The van der Waals surface area contributed by atoms with E-state index < -0.39 is 10.0 Å². The van der Waals surface area contributed by atoms with Gasteiger partial charge in [-0.25, -0.2) is 13.4 Å². The third kappa shape index (κ3) is 4.41. The molecule has 0 atom stereocenters. The number of carbonyl (C=O) groups excluding carboxylic acids is 1. The molecule has 7 nitrogen and oxygen atoms in total. The largest absolute Gasteiger partial charge is 0.497 e. The molecule has 1 aliphatic rings. The van der Waals surface area contributed by atoms with Gasteiger partial charge in [0, 0.05) is 29.1 Å². The van der Waals surface area contributed by atoms with Crippen LogP contribution >= 0.6 is 11.3 Å². The van der Waals surface area contributed by atoms with Crippen molar-refractivity contribution >= 4 is 32.4 Å². The number of rotatable bonds is 6. The first kappa shape index (κ1) is 22.4. The number of benzene rings is 2. The number of hydrogen-bond donors (Lipinski definition) is 1. The lowest BCUT2D eigenvalue weighted by atomic mass is 10.1. The molecule has 3 aromatic rings. The average Bonchev–Trinajstić information content (AvgIpc) is 3.44. The molecule has 1 aromatic heterocycles. The van der Waals surface area contributed by atoms with Crippen molar-refractivity contribution in [2.75, 3.05) is 25.5 Å². The predicted molar refractivity (Wildman–Crippen MR) is 126 cm³/mol. The summed E-state index contributed by atoms with van der Waals surface area (Å²) in [6, 6.07) is 12.3. The Labute approximate surface area is 192 Å². The SMILES string of the molecule is COc1ccc(-c2nc(NC(=O)c3cc(S(=O)(=O)N4CCCC4)ccc3C)sc2C)cc1. The van der Waals surface area contributed by atoms with E-state index in [2.05, 4.69) is 10.3 Å². The van der Waals surface area contributed by atoms with Crippen molar-refractivity contribution in [1.29, 1.82) is 0 Å². The summed E-state index contributed by atoms with van der Waals surface area (Å²) >= 11 is 1.38. The number of anilines is 1. The molecule has 9 heteroatoms. The fraction of sp³-hybridized carbons (Fsp3) is 0.304. The van der Waals surface area contributed by atoms with E-state index in [-0.39, 0.29) is 10.8 Å². The standard InChI is InChI=1S/C23H25N3O4S2/c1-15-6-11-19(32(28,29)26-12-4-5-13-26)14-20(15)22(27)25-23-24-21(16(2)31-23)17-7-9-18(30-3)10-8-17/h6-11,14H,4-5,12-13H2,1-3H3,(H,24,25,27). The number of sulfonamides is 1. The molecule has 0 aliphatic carbocycles. The number of nitrogens with one attached hydrogen (secondary N) is 1. The van der Waals surface area contributed by atoms with Crippen molar-refractivity contribution in [3.8, 4) is 17.0 Å². The molecule has 1 saturated heterocycles. The van der Waals surface area contributed by atoms with Gasteiger partial charge >= 0.3 is 0 Å². The number of amides is 1. The van der Waals surface area contributed by atoms with Crippen LogP contribution in [0.2, 0.25) is 0 Å². The van der Waals surface area contributed by atoms with Crippen LogP contribution in [0.3, 0.4) is 0 Å². The lowest BCUT2D eigenvalue weighted by molar-refractivity contribution is 0.102. The fourth-order valence-electron chi connectivity index (χ4n) is 3.71. The summed E-state index contributed by atoms with van der Waals surface area (Å²) in [4.78, 5) is 18.7. The van der Waals surface area contributed by atoms with Crippen LogP contribution in [0.15, 0.2) is 47.4 Å². The number of aryl methyl sites for hydroxylation is 2. The molecule has 2 heterocycles. The molecule has 0 unspecified atom stereocenters. The Morgan fingerprint density at radius 1 is 1.09 bits per heavy atom. The zero-order valence-electron chi connectivity index (χ0n) is 18.2. The molecule has 0 spiro atoms. The van der Waals surface area contributed by atoms with Gasteiger partial charge in [0.2, 0.25) is 10.0 Å². The number of methoxy groups -OCH3 is 1. The van der Waals surface area contributed by atoms with Crippen LogP contribution in [0, 0.1) is 13.8 Å². The Hall–Kier alpha value is -2.75. The van der Waals surface area contributed by atoms with Gasteiger partial charge in [-0.05, 0) is 68.7 Å². The third-order valence-corrected chi connectivity index (χ3v) is 8.32. The Bertz CT molecular complexity index is 1240. The molecule has 0 bridgehead atoms. The van der Waals surface area contributed by atoms with E-state index >= 15 is 0 Å². The Balaban J connectivity index is 1.58. The van der Waals surface area contributed by atoms with Crippen molar-refractivity contribution in [2.24, 2.45) is 0 Å². The second-order valence-electron chi connectivity index (χ2n) is 7.69. The molecule has 1 N–H and O–H groups in total. The third-order valence-electron chi connectivity index (χ3n) is 5.54. The summed E-state index contributed by atoms with van der Waals surface area (Å²) in [5, 5.41) is 3.30. The van der Waals surface area contributed by atoms with E-state index in [1.54, 1.807) is 26.2 Å². The first-order chi connectivity index (χ1) is 15.3. The van der Waals surface area contributed by atoms with E-state index in [1.807, 2.05) is 31.2 Å². The number of nitrogens with zero attached hydrogens (tertiary/aromatic N) is 2. The van der Waals surface area contributed by atoms with Gasteiger partial charge in [-0.2, -0.15) is 4.31 Å². The average molecular weight is 472 g/mol. The quantitative estimate of drug-likeness (QED) is 0.573. The lowest BCUT2D eigenvalue weighted by Gasteiger charge is -2.16. The first-order valence-corrected chi connectivity index (χ1v) is 12.6. The molecule has 168 valence electrons. The van der Waals surface area contributed by atoms with Crippen molar-refractivity contribution in [3.63, 3.8) is 0 Å². The van der Waals surface area contributed by atoms with E-state index in [4.69, 9.17) is 4.74 Å². The maximum absolute atomic E-state index is 13.0. The molecule has 2 aromatic carbocycles. The minimum Gasteiger partial charge on any atom is -0.497 e. The number of thiazole rings is 1. The Morgan fingerprint density at radius 2 is 1.78 bits per heavy atom. The van der Waals surface area contributed by atoms with Crippen molar-refractivity contribution in [3.05, 3.63) is 58.5 Å². The van der Waals surface area contributed by atoms with Gasteiger partial charge in [-0.3, -0.25) is 10.1 Å². The Morgan fingerprint density at radius 3 is 2.44 bits per heavy atom. The number of aromatic nitrogens is 1. The molecule has 1 amide bonds. The molecule has 1 aliphatic heterocycles. The smallest absolute Gasteiger partial charge is 0.257 e. The first-order valence-electron chi connectivity index (χ1n) is 10.3. The normalized spacial score (nSPS) is 14.5. The van der Waals surface area contributed by atoms with Gasteiger partial charge in [-0.1, -0.05) is 6.07 Å². The monoisotopic (exact) mass is 471 g/mol. The molecular weight excluding hydrogens is 446 g/mol. The van der Waals surface area contributed by atoms with Gasteiger partial charge in [0.15, 0.2) is 5.13 Å². The summed E-state index contributed by atoms with van der Waals surface area (Å²) in [5.41, 5.74) is 2.74. The molecule has 1 fully saturated rings. The zero-order chi connectivity index (χ0) is 22.9. The number of ether oxygens (including phenoxy) is 1. The van der Waals surface area contributed by atoms with Crippen molar-refractivity contribution in [1.82, 2.24) is 9.29 Å². The van der Waals surface area contributed by atoms with Crippen LogP contribution in [0.1, 0.15) is 33.6 Å². The summed E-state index contributed by atoms with van der Waals surface area (Å²) in [6.45, 7) is 4.77. The zero-order valence-corrected chi connectivity index (χ0v) is 19.8. The van der Waals surface area contributed by atoms with Crippen molar-refractivity contribution in [2.45, 2.75) is 31.6 Å². The van der Waals surface area contributed by atoms with Crippen LogP contribution in [-0.2, 0) is 10.0 Å². The van der Waals surface area contributed by atoms with Crippen LogP contribution in [-0.4, -0.2) is 43.8 Å². The van der Waals surface area contributed by atoms with Crippen LogP contribution in [0.5, 0.6) is 5.75 Å². The maximum Gasteiger partial charge on any atom is 0.257 e. The van der Waals surface area contributed by atoms with Gasteiger partial charge in [0.25, 0.3) is 5.91 Å². The molecular formula is C23H25N3O4S2. The van der Waals surface area contributed by atoms with Crippen molar-refractivity contribution < 1.29 is 17.9 Å². The van der Waals surface area contributed by atoms with E-state index in [0.717, 1.165) is 34.7 Å². The number of carbonyl (C=O) groups is 1.